The predicted octanol–water partition coefficient (Wildman–Crippen LogP) is 3.52. The first-order valence-electron chi connectivity index (χ1n) is 7.85. The average Bonchev–Trinajstić information content (AvgIpc) is 2.36. The van der Waals surface area contributed by atoms with Crippen molar-refractivity contribution in [3.63, 3.8) is 0 Å². The van der Waals surface area contributed by atoms with Gasteiger partial charge in [-0.05, 0) is 31.6 Å². The third-order valence-electron chi connectivity index (χ3n) is 5.17. The van der Waals surface area contributed by atoms with E-state index in [9.17, 15) is 0 Å². The van der Waals surface area contributed by atoms with Crippen molar-refractivity contribution in [1.29, 1.82) is 0 Å². The maximum atomic E-state index is 3.76. The molecule has 0 aromatic heterocycles. The molecule has 0 saturated carbocycles. The van der Waals surface area contributed by atoms with Crippen LogP contribution >= 0.6 is 0 Å². The standard InChI is InChI=1S/C16H34N2/c1-8-16(7,9-2)18-11-14(12(3)4)17-10-15(18)13(5)6/h12-15,17H,8-11H2,1-7H3. The van der Waals surface area contributed by atoms with Crippen molar-refractivity contribution in [3.05, 3.63) is 0 Å². The number of nitrogens with zero attached hydrogens (tertiary/aromatic N) is 1. The van der Waals surface area contributed by atoms with E-state index in [-0.39, 0.29) is 0 Å². The summed E-state index contributed by atoms with van der Waals surface area (Å²) in [6.45, 7) is 18.9. The number of rotatable bonds is 5. The Balaban J connectivity index is 2.90. The molecule has 18 heavy (non-hydrogen) atoms. The number of nitrogens with one attached hydrogen (secondary N) is 1. The number of hydrogen-bond acceptors (Lipinski definition) is 2. The van der Waals surface area contributed by atoms with Crippen LogP contribution in [0.25, 0.3) is 0 Å². The summed E-state index contributed by atoms with van der Waals surface area (Å²) < 4.78 is 0. The van der Waals surface area contributed by atoms with E-state index in [1.807, 2.05) is 0 Å². The van der Waals surface area contributed by atoms with E-state index < -0.39 is 0 Å². The fraction of sp³-hybridized carbons (Fsp3) is 1.00. The van der Waals surface area contributed by atoms with Crippen LogP contribution in [0, 0.1) is 11.8 Å². The molecule has 1 saturated heterocycles. The van der Waals surface area contributed by atoms with Gasteiger partial charge in [-0.2, -0.15) is 0 Å². The fourth-order valence-electron chi connectivity index (χ4n) is 3.11. The van der Waals surface area contributed by atoms with Crippen LogP contribution in [0.2, 0.25) is 0 Å². The molecule has 2 atom stereocenters. The van der Waals surface area contributed by atoms with Gasteiger partial charge in [0.15, 0.2) is 0 Å². The quantitative estimate of drug-likeness (QED) is 0.807. The van der Waals surface area contributed by atoms with Crippen LogP contribution in [0.15, 0.2) is 0 Å². The van der Waals surface area contributed by atoms with E-state index in [4.69, 9.17) is 0 Å². The largest absolute Gasteiger partial charge is 0.311 e. The van der Waals surface area contributed by atoms with Crippen LogP contribution in [0.5, 0.6) is 0 Å². The molecule has 2 nitrogen and oxygen atoms in total. The molecule has 0 spiro atoms. The topological polar surface area (TPSA) is 15.3 Å². The van der Waals surface area contributed by atoms with Gasteiger partial charge in [0, 0.05) is 30.7 Å². The van der Waals surface area contributed by atoms with Gasteiger partial charge < -0.3 is 5.32 Å². The molecule has 1 rings (SSSR count). The molecule has 108 valence electrons. The summed E-state index contributed by atoms with van der Waals surface area (Å²) in [4.78, 5) is 2.80. The minimum absolute atomic E-state index is 0.365. The molecule has 1 aliphatic heterocycles. The molecule has 0 aromatic carbocycles. The van der Waals surface area contributed by atoms with Gasteiger partial charge in [0.05, 0.1) is 0 Å². The highest BCUT2D eigenvalue weighted by atomic mass is 15.3. The van der Waals surface area contributed by atoms with E-state index in [0.29, 0.717) is 17.6 Å². The maximum absolute atomic E-state index is 3.76. The van der Waals surface area contributed by atoms with Crippen molar-refractivity contribution in [2.24, 2.45) is 11.8 Å². The average molecular weight is 254 g/mol. The summed E-state index contributed by atoms with van der Waals surface area (Å²) in [6.07, 6.45) is 2.50. The van der Waals surface area contributed by atoms with Crippen molar-refractivity contribution in [3.8, 4) is 0 Å². The minimum atomic E-state index is 0.365. The van der Waals surface area contributed by atoms with E-state index in [0.717, 1.165) is 18.4 Å². The Morgan fingerprint density at radius 2 is 1.67 bits per heavy atom. The number of piperazine rings is 1. The van der Waals surface area contributed by atoms with Gasteiger partial charge in [0.2, 0.25) is 0 Å². The first kappa shape index (κ1) is 16.0. The Bertz CT molecular complexity index is 243. The third-order valence-corrected chi connectivity index (χ3v) is 5.17. The molecular formula is C16H34N2. The van der Waals surface area contributed by atoms with Gasteiger partial charge in [-0.3, -0.25) is 4.90 Å². The lowest BCUT2D eigenvalue weighted by Gasteiger charge is -2.52. The smallest absolute Gasteiger partial charge is 0.0249 e. The summed E-state index contributed by atoms with van der Waals surface area (Å²) in [7, 11) is 0. The molecule has 1 fully saturated rings. The Labute approximate surface area is 115 Å². The molecule has 0 aliphatic carbocycles. The zero-order valence-corrected chi connectivity index (χ0v) is 13.6. The lowest BCUT2D eigenvalue weighted by molar-refractivity contribution is -0.0110. The number of hydrogen-bond donors (Lipinski definition) is 1. The lowest BCUT2D eigenvalue weighted by Crippen LogP contribution is -2.65. The predicted molar refractivity (Wildman–Crippen MR) is 80.9 cm³/mol. The maximum Gasteiger partial charge on any atom is 0.0249 e. The Morgan fingerprint density at radius 3 is 2.06 bits per heavy atom. The third kappa shape index (κ3) is 3.27. The second kappa shape index (κ2) is 6.38. The first-order chi connectivity index (χ1) is 8.35. The van der Waals surface area contributed by atoms with Gasteiger partial charge in [-0.25, -0.2) is 0 Å². The molecule has 1 aliphatic rings. The molecule has 0 amide bonds. The minimum Gasteiger partial charge on any atom is -0.311 e. The van der Waals surface area contributed by atoms with Gasteiger partial charge in [-0.15, -0.1) is 0 Å². The van der Waals surface area contributed by atoms with Crippen LogP contribution in [0.4, 0.5) is 0 Å². The van der Waals surface area contributed by atoms with E-state index in [1.165, 1.54) is 19.4 Å². The second-order valence-corrected chi connectivity index (χ2v) is 6.93. The van der Waals surface area contributed by atoms with Gasteiger partial charge in [0.1, 0.15) is 0 Å². The molecule has 0 aromatic rings. The molecular weight excluding hydrogens is 220 g/mol. The second-order valence-electron chi connectivity index (χ2n) is 6.93. The normalized spacial score (nSPS) is 27.2. The van der Waals surface area contributed by atoms with Crippen molar-refractivity contribution in [2.45, 2.75) is 78.9 Å². The van der Waals surface area contributed by atoms with E-state index in [1.54, 1.807) is 0 Å². The van der Waals surface area contributed by atoms with Crippen molar-refractivity contribution in [2.75, 3.05) is 13.1 Å². The molecule has 2 heteroatoms. The fourth-order valence-corrected chi connectivity index (χ4v) is 3.11. The van der Waals surface area contributed by atoms with Crippen molar-refractivity contribution < 1.29 is 0 Å². The van der Waals surface area contributed by atoms with Crippen LogP contribution in [0.3, 0.4) is 0 Å². The zero-order chi connectivity index (χ0) is 13.9. The van der Waals surface area contributed by atoms with Crippen LogP contribution < -0.4 is 5.32 Å². The highest BCUT2D eigenvalue weighted by Crippen LogP contribution is 2.31. The summed E-state index contributed by atoms with van der Waals surface area (Å²) >= 11 is 0. The Hall–Kier alpha value is -0.0800. The zero-order valence-electron chi connectivity index (χ0n) is 13.6. The van der Waals surface area contributed by atoms with Crippen molar-refractivity contribution >= 4 is 0 Å². The van der Waals surface area contributed by atoms with E-state index >= 15 is 0 Å². The molecule has 0 radical (unpaired) electrons. The first-order valence-corrected chi connectivity index (χ1v) is 7.85. The summed E-state index contributed by atoms with van der Waals surface area (Å²) in [5.74, 6) is 1.45. The SMILES string of the molecule is CCC(C)(CC)N1CC(C(C)C)NCC1C(C)C. The molecule has 0 bridgehead atoms. The van der Waals surface area contributed by atoms with Crippen LogP contribution in [-0.2, 0) is 0 Å². The van der Waals surface area contributed by atoms with Crippen LogP contribution in [0.1, 0.15) is 61.3 Å². The lowest BCUT2D eigenvalue weighted by atomic mass is 9.85. The highest BCUT2D eigenvalue weighted by Gasteiger charge is 2.39. The summed E-state index contributed by atoms with van der Waals surface area (Å²) in [5.41, 5.74) is 0.365. The molecule has 2 unspecified atom stereocenters. The Kier molecular flexibility index (Phi) is 5.67. The Morgan fingerprint density at radius 1 is 1.11 bits per heavy atom. The van der Waals surface area contributed by atoms with Gasteiger partial charge in [0.25, 0.3) is 0 Å². The van der Waals surface area contributed by atoms with Crippen molar-refractivity contribution in [1.82, 2.24) is 10.2 Å². The monoisotopic (exact) mass is 254 g/mol. The summed E-state index contributed by atoms with van der Waals surface area (Å²) in [5, 5.41) is 3.76. The van der Waals surface area contributed by atoms with Gasteiger partial charge in [-0.1, -0.05) is 41.5 Å². The van der Waals surface area contributed by atoms with Crippen LogP contribution in [-0.4, -0.2) is 35.6 Å². The highest BCUT2D eigenvalue weighted by molar-refractivity contribution is 4.97. The van der Waals surface area contributed by atoms with Gasteiger partial charge >= 0.3 is 0 Å². The van der Waals surface area contributed by atoms with E-state index in [2.05, 4.69) is 58.7 Å². The summed E-state index contributed by atoms with van der Waals surface area (Å²) in [6, 6.07) is 1.34. The molecule has 1 heterocycles. The molecule has 1 N–H and O–H groups in total.